The Labute approximate surface area is 126 Å². The predicted molar refractivity (Wildman–Crippen MR) is 83.3 cm³/mol. The highest BCUT2D eigenvalue weighted by atomic mass is 16.5. The minimum Gasteiger partial charge on any atom is -0.497 e. The van der Waals surface area contributed by atoms with Gasteiger partial charge in [0.25, 0.3) is 0 Å². The first kappa shape index (κ1) is 17.2. The zero-order chi connectivity index (χ0) is 15.7. The second-order valence-corrected chi connectivity index (χ2v) is 4.98. The highest BCUT2D eigenvalue weighted by molar-refractivity contribution is 5.86. The van der Waals surface area contributed by atoms with Gasteiger partial charge in [-0.3, -0.25) is 4.79 Å². The van der Waals surface area contributed by atoms with Crippen LogP contribution in [0.1, 0.15) is 25.8 Å². The van der Waals surface area contributed by atoms with E-state index in [1.54, 1.807) is 14.2 Å². The highest BCUT2D eigenvalue weighted by Crippen LogP contribution is 2.26. The molecule has 4 heteroatoms. The smallest absolute Gasteiger partial charge is 0.150 e. The van der Waals surface area contributed by atoms with Gasteiger partial charge in [-0.1, -0.05) is 13.8 Å². The molecule has 0 bridgehead atoms. The fourth-order valence-corrected chi connectivity index (χ4v) is 1.91. The Bertz CT molecular complexity index is 460. The van der Waals surface area contributed by atoms with Crippen molar-refractivity contribution in [2.24, 2.45) is 5.92 Å². The number of carbonyl (C=O) groups is 1. The van der Waals surface area contributed by atoms with Crippen LogP contribution in [0.15, 0.2) is 29.8 Å². The Morgan fingerprint density at radius 3 is 2.29 bits per heavy atom. The number of rotatable bonds is 9. The molecule has 0 N–H and O–H groups in total. The van der Waals surface area contributed by atoms with E-state index in [1.807, 2.05) is 38.1 Å². The van der Waals surface area contributed by atoms with Crippen molar-refractivity contribution in [2.75, 3.05) is 27.4 Å². The molecule has 0 amide bonds. The van der Waals surface area contributed by atoms with E-state index in [0.29, 0.717) is 24.5 Å². The molecule has 0 radical (unpaired) electrons. The molecular formula is C17H24O4. The average Bonchev–Trinajstić information content (AvgIpc) is 2.50. The second-order valence-electron chi connectivity index (χ2n) is 4.98. The number of ether oxygens (including phenoxy) is 3. The van der Waals surface area contributed by atoms with E-state index in [-0.39, 0.29) is 5.92 Å². The average molecular weight is 292 g/mol. The Morgan fingerprint density at radius 1 is 1.14 bits per heavy atom. The number of allylic oxidation sites excluding steroid dienone is 1. The van der Waals surface area contributed by atoms with Crippen LogP contribution in [-0.4, -0.2) is 33.7 Å². The van der Waals surface area contributed by atoms with Gasteiger partial charge in [-0.05, 0) is 30.2 Å². The highest BCUT2D eigenvalue weighted by Gasteiger charge is 2.14. The van der Waals surface area contributed by atoms with Crippen LogP contribution in [-0.2, 0) is 14.3 Å². The fourth-order valence-electron chi connectivity index (χ4n) is 1.91. The number of benzene rings is 1. The maximum atomic E-state index is 11.4. The lowest BCUT2D eigenvalue weighted by Crippen LogP contribution is -2.06. The van der Waals surface area contributed by atoms with Gasteiger partial charge in [-0.2, -0.15) is 0 Å². The number of methoxy groups -OCH3 is 2. The summed E-state index contributed by atoms with van der Waals surface area (Å²) in [6.07, 6.45) is 1.65. The Balaban J connectivity index is 3.02. The normalized spacial score (nSPS) is 12.0. The minimum atomic E-state index is 0.0991. The SMILES string of the molecule is COCCCOC(=C(C=O)C(C)C)c1ccc(OC)cc1. The molecular weight excluding hydrogens is 268 g/mol. The zero-order valence-corrected chi connectivity index (χ0v) is 13.2. The second kappa shape index (κ2) is 9.19. The van der Waals surface area contributed by atoms with Crippen molar-refractivity contribution >= 4 is 12.0 Å². The van der Waals surface area contributed by atoms with Crippen molar-refractivity contribution in [2.45, 2.75) is 20.3 Å². The van der Waals surface area contributed by atoms with Crippen LogP contribution in [0.5, 0.6) is 5.75 Å². The fraction of sp³-hybridized carbons (Fsp3) is 0.471. The van der Waals surface area contributed by atoms with Crippen LogP contribution in [0.25, 0.3) is 5.76 Å². The molecule has 116 valence electrons. The van der Waals surface area contributed by atoms with Gasteiger partial charge in [0, 0.05) is 31.3 Å². The Morgan fingerprint density at radius 2 is 1.81 bits per heavy atom. The molecule has 1 rings (SSSR count). The zero-order valence-electron chi connectivity index (χ0n) is 13.2. The summed E-state index contributed by atoms with van der Waals surface area (Å²) in [7, 11) is 3.28. The van der Waals surface area contributed by atoms with E-state index in [9.17, 15) is 4.79 Å². The summed E-state index contributed by atoms with van der Waals surface area (Å²) in [6.45, 7) is 5.10. The maximum absolute atomic E-state index is 11.4. The van der Waals surface area contributed by atoms with Crippen molar-refractivity contribution in [1.29, 1.82) is 0 Å². The molecule has 0 saturated heterocycles. The number of hydrogen-bond donors (Lipinski definition) is 0. The molecule has 0 saturated carbocycles. The largest absolute Gasteiger partial charge is 0.497 e. The first-order chi connectivity index (χ1) is 10.1. The van der Waals surface area contributed by atoms with Gasteiger partial charge in [0.05, 0.1) is 13.7 Å². The molecule has 0 unspecified atom stereocenters. The summed E-state index contributed by atoms with van der Waals surface area (Å²) in [6, 6.07) is 7.51. The summed E-state index contributed by atoms with van der Waals surface area (Å²) >= 11 is 0. The Kier molecular flexibility index (Phi) is 7.54. The third-order valence-corrected chi connectivity index (χ3v) is 3.10. The van der Waals surface area contributed by atoms with Gasteiger partial charge in [0.15, 0.2) is 0 Å². The standard InChI is InChI=1S/C17H24O4/c1-13(2)16(12-18)17(21-11-5-10-19-3)14-6-8-15(20-4)9-7-14/h6-9,12-13H,5,10-11H2,1-4H3. The lowest BCUT2D eigenvalue weighted by Gasteiger charge is -2.16. The van der Waals surface area contributed by atoms with E-state index in [2.05, 4.69) is 0 Å². The Hall–Kier alpha value is -1.81. The summed E-state index contributed by atoms with van der Waals surface area (Å²) in [5.41, 5.74) is 1.54. The predicted octanol–water partition coefficient (Wildman–Crippen LogP) is 3.31. The molecule has 0 aromatic heterocycles. The van der Waals surface area contributed by atoms with Gasteiger partial charge in [0.2, 0.25) is 0 Å². The number of carbonyl (C=O) groups excluding carboxylic acids is 1. The molecule has 0 fully saturated rings. The summed E-state index contributed by atoms with van der Waals surface area (Å²) in [5, 5.41) is 0. The first-order valence-electron chi connectivity index (χ1n) is 7.09. The van der Waals surface area contributed by atoms with Crippen LogP contribution in [0, 0.1) is 5.92 Å². The van der Waals surface area contributed by atoms with E-state index in [4.69, 9.17) is 14.2 Å². The van der Waals surface area contributed by atoms with E-state index in [0.717, 1.165) is 24.0 Å². The van der Waals surface area contributed by atoms with E-state index >= 15 is 0 Å². The van der Waals surface area contributed by atoms with Crippen molar-refractivity contribution < 1.29 is 19.0 Å². The van der Waals surface area contributed by atoms with E-state index < -0.39 is 0 Å². The van der Waals surface area contributed by atoms with Crippen molar-refractivity contribution in [3.8, 4) is 5.75 Å². The van der Waals surface area contributed by atoms with Crippen molar-refractivity contribution in [1.82, 2.24) is 0 Å². The molecule has 0 atom stereocenters. The summed E-state index contributed by atoms with van der Waals surface area (Å²) in [5.74, 6) is 1.51. The minimum absolute atomic E-state index is 0.0991. The van der Waals surface area contributed by atoms with Crippen LogP contribution in [0.3, 0.4) is 0 Å². The van der Waals surface area contributed by atoms with Gasteiger partial charge in [-0.15, -0.1) is 0 Å². The van der Waals surface area contributed by atoms with Gasteiger partial charge in [-0.25, -0.2) is 0 Å². The van der Waals surface area contributed by atoms with Crippen molar-refractivity contribution in [3.05, 3.63) is 35.4 Å². The topological polar surface area (TPSA) is 44.8 Å². The molecule has 1 aromatic rings. The maximum Gasteiger partial charge on any atom is 0.150 e. The van der Waals surface area contributed by atoms with Crippen LogP contribution < -0.4 is 4.74 Å². The molecule has 0 heterocycles. The molecule has 0 aliphatic heterocycles. The first-order valence-corrected chi connectivity index (χ1v) is 7.09. The molecule has 21 heavy (non-hydrogen) atoms. The lowest BCUT2D eigenvalue weighted by molar-refractivity contribution is -0.105. The molecule has 0 aliphatic rings. The van der Waals surface area contributed by atoms with Crippen molar-refractivity contribution in [3.63, 3.8) is 0 Å². The lowest BCUT2D eigenvalue weighted by atomic mass is 9.99. The van der Waals surface area contributed by atoms with Crippen LogP contribution >= 0.6 is 0 Å². The molecule has 0 aliphatic carbocycles. The monoisotopic (exact) mass is 292 g/mol. The van der Waals surface area contributed by atoms with Gasteiger partial charge >= 0.3 is 0 Å². The van der Waals surface area contributed by atoms with Crippen LogP contribution in [0.4, 0.5) is 0 Å². The molecule has 4 nitrogen and oxygen atoms in total. The van der Waals surface area contributed by atoms with E-state index in [1.165, 1.54) is 0 Å². The third-order valence-electron chi connectivity index (χ3n) is 3.10. The third kappa shape index (κ3) is 5.23. The van der Waals surface area contributed by atoms with Gasteiger partial charge in [0.1, 0.15) is 17.8 Å². The molecule has 0 spiro atoms. The number of hydrogen-bond acceptors (Lipinski definition) is 4. The quantitative estimate of drug-likeness (QED) is 0.303. The van der Waals surface area contributed by atoms with Crippen LogP contribution in [0.2, 0.25) is 0 Å². The molecule has 1 aromatic carbocycles. The summed E-state index contributed by atoms with van der Waals surface area (Å²) in [4.78, 5) is 11.4. The summed E-state index contributed by atoms with van der Waals surface area (Å²) < 4.78 is 16.0. The number of aldehydes is 1. The van der Waals surface area contributed by atoms with Gasteiger partial charge < -0.3 is 14.2 Å².